The molecule has 0 unspecified atom stereocenters. The van der Waals surface area contributed by atoms with Crippen molar-refractivity contribution >= 4 is 17.4 Å². The molecule has 0 atom stereocenters. The zero-order chi connectivity index (χ0) is 0. The zero-order valence-electron chi connectivity index (χ0n) is 3.34. The normalized spacial score (nSPS) is 0. The molecule has 0 spiro atoms. The predicted molar refractivity (Wildman–Crippen MR) is 6.87 cm³/mol. The van der Waals surface area contributed by atoms with E-state index in [-0.39, 0.29) is 122 Å². The third kappa shape index (κ3) is 9.16. The van der Waals surface area contributed by atoms with E-state index in [0.717, 1.165) is 0 Å². The van der Waals surface area contributed by atoms with Crippen LogP contribution in [0.25, 0.3) is 0 Å². The molecule has 0 aliphatic rings. The maximum atomic E-state index is 0. The molecule has 0 bridgehead atoms. The quantitative estimate of drug-likeness (QED) is 0.405. The van der Waals surface area contributed by atoms with Crippen molar-refractivity contribution in [2.24, 2.45) is 0 Å². The number of hydrogen-bond donors (Lipinski definition) is 0. The van der Waals surface area contributed by atoms with Gasteiger partial charge in [0.05, 0.1) is 0 Å². The van der Waals surface area contributed by atoms with Gasteiger partial charge in [-0.25, -0.2) is 0 Å². The van der Waals surface area contributed by atoms with Gasteiger partial charge in [-0.15, -0.1) is 0 Å². The third-order valence-electron chi connectivity index (χ3n) is 0. The van der Waals surface area contributed by atoms with Crippen molar-refractivity contribution in [1.82, 2.24) is 0 Å². The Morgan fingerprint density at radius 3 is 1.25 bits per heavy atom. The second kappa shape index (κ2) is 15.9. The molecule has 0 amide bonds. The van der Waals surface area contributed by atoms with Crippen LogP contribution in [-0.2, 0) is 34.4 Å². The predicted octanol–water partition coefficient (Wildman–Crippen LogP) is -3.27. The first-order valence-electron chi connectivity index (χ1n) is 0. The van der Waals surface area contributed by atoms with Crippen LogP contribution in [0.1, 0.15) is 1.43 Å². The largest absolute Gasteiger partial charge is 1.00 e. The molecule has 0 saturated carbocycles. The molecule has 0 aliphatic carbocycles. The molecule has 0 aromatic carbocycles. The van der Waals surface area contributed by atoms with Crippen LogP contribution >= 0.6 is 0 Å². The second-order valence-electron chi connectivity index (χ2n) is 0. The van der Waals surface area contributed by atoms with Crippen LogP contribution in [0.5, 0.6) is 0 Å². The third-order valence-corrected chi connectivity index (χ3v) is 0. The first-order valence-corrected chi connectivity index (χ1v) is 0. The Kier molecular flexibility index (Phi) is 101. The summed E-state index contributed by atoms with van der Waals surface area (Å²) in [5.74, 6) is 0. The van der Waals surface area contributed by atoms with Gasteiger partial charge in [-0.05, 0) is 0 Å². The van der Waals surface area contributed by atoms with E-state index in [1.54, 1.807) is 0 Å². The zero-order valence-corrected chi connectivity index (χ0v) is 12.2. The summed E-state index contributed by atoms with van der Waals surface area (Å²) < 4.78 is 0. The van der Waals surface area contributed by atoms with Crippen LogP contribution in [-0.4, -0.2) is 17.4 Å². The minimum atomic E-state index is 0. The van der Waals surface area contributed by atoms with Crippen molar-refractivity contribution in [1.29, 1.82) is 0 Å². The molecule has 3 radical (unpaired) electrons. The summed E-state index contributed by atoms with van der Waals surface area (Å²) in [4.78, 5) is 0. The van der Waals surface area contributed by atoms with Crippen molar-refractivity contribution in [2.75, 3.05) is 0 Å². The van der Waals surface area contributed by atoms with Crippen molar-refractivity contribution in [3.05, 3.63) is 0 Å². The Balaban J connectivity index is 0. The summed E-state index contributed by atoms with van der Waals surface area (Å²) in [6, 6.07) is 0. The van der Waals surface area contributed by atoms with Gasteiger partial charge in [-0.3, -0.25) is 0 Å². The van der Waals surface area contributed by atoms with Crippen LogP contribution in [0, 0.1) is 0 Å². The SMILES string of the molecule is [Al].[Cr].[Cs+].[Fe].[H-]. The molecule has 4 heteroatoms. The van der Waals surface area contributed by atoms with E-state index in [0.29, 0.717) is 0 Å². The molecular formula is HAlCrCsFe. The molecule has 0 aromatic rings. The Morgan fingerprint density at radius 1 is 1.25 bits per heavy atom. The maximum Gasteiger partial charge on any atom is 1.00 e. The summed E-state index contributed by atoms with van der Waals surface area (Å²) in [7, 11) is 0. The minimum Gasteiger partial charge on any atom is -1.00 e. The van der Waals surface area contributed by atoms with Gasteiger partial charge >= 0.3 is 68.9 Å². The van der Waals surface area contributed by atoms with Gasteiger partial charge in [0.15, 0.2) is 0 Å². The Hall–Kier alpha value is 3.64. The molecule has 0 nitrogen and oxygen atoms in total. The van der Waals surface area contributed by atoms with E-state index < -0.39 is 0 Å². The first-order chi connectivity index (χ1) is 0. The number of hydrogen-bond acceptors (Lipinski definition) is 0. The fraction of sp³-hybridized carbons (Fsp3) is 0. The van der Waals surface area contributed by atoms with E-state index >= 15 is 0 Å². The fourth-order valence-corrected chi connectivity index (χ4v) is 0. The van der Waals surface area contributed by atoms with Crippen LogP contribution in [0.3, 0.4) is 0 Å². The van der Waals surface area contributed by atoms with Gasteiger partial charge in [-0.2, -0.15) is 0 Å². The summed E-state index contributed by atoms with van der Waals surface area (Å²) in [6.07, 6.45) is 0. The Morgan fingerprint density at radius 2 is 1.25 bits per heavy atom. The summed E-state index contributed by atoms with van der Waals surface area (Å²) in [6.45, 7) is 0. The molecule has 0 aromatic heterocycles. The fourth-order valence-electron chi connectivity index (χ4n) is 0. The van der Waals surface area contributed by atoms with Gasteiger partial charge in [0.1, 0.15) is 0 Å². The van der Waals surface area contributed by atoms with Crippen LogP contribution in [0.2, 0.25) is 0 Å². The van der Waals surface area contributed by atoms with Crippen molar-refractivity contribution < 1.29 is 105 Å². The maximum absolute atomic E-state index is 0. The molecule has 0 fully saturated rings. The van der Waals surface area contributed by atoms with E-state index in [4.69, 9.17) is 0 Å². The molecule has 0 rings (SSSR count). The molecule has 4 heavy (non-hydrogen) atoms. The van der Waals surface area contributed by atoms with Crippen molar-refractivity contribution in [3.63, 3.8) is 0 Å². The topological polar surface area (TPSA) is 0 Å². The molecule has 0 saturated heterocycles. The van der Waals surface area contributed by atoms with E-state index in [9.17, 15) is 0 Å². The average Bonchev–Trinajstić information content (AvgIpc) is 0. The van der Waals surface area contributed by atoms with Crippen LogP contribution in [0.15, 0.2) is 0 Å². The van der Waals surface area contributed by atoms with E-state index in [1.807, 2.05) is 0 Å². The minimum absolute atomic E-state index is 0. The van der Waals surface area contributed by atoms with Crippen molar-refractivity contribution in [3.8, 4) is 0 Å². The van der Waals surface area contributed by atoms with Gasteiger partial charge < -0.3 is 1.43 Å². The molecule has 0 N–H and O–H groups in total. The summed E-state index contributed by atoms with van der Waals surface area (Å²) in [5.41, 5.74) is 0. The first kappa shape index (κ1) is 25.4. The van der Waals surface area contributed by atoms with Crippen molar-refractivity contribution in [2.45, 2.75) is 0 Å². The second-order valence-corrected chi connectivity index (χ2v) is 0. The van der Waals surface area contributed by atoms with E-state index in [1.165, 1.54) is 0 Å². The van der Waals surface area contributed by atoms with E-state index in [2.05, 4.69) is 0 Å². The standard InChI is InChI=1S/Al.Cr.Cs.Fe.H/q;;+1;;-1. The van der Waals surface area contributed by atoms with Gasteiger partial charge in [0.2, 0.25) is 0 Å². The molecule has 19 valence electrons. The summed E-state index contributed by atoms with van der Waals surface area (Å²) in [5, 5.41) is 0. The van der Waals surface area contributed by atoms with Gasteiger partial charge in [0.25, 0.3) is 0 Å². The molecular weight excluding hydrogens is 268 g/mol. The smallest absolute Gasteiger partial charge is 1.00 e. The van der Waals surface area contributed by atoms with Crippen LogP contribution < -0.4 is 68.9 Å². The average molecular weight is 269 g/mol. The number of rotatable bonds is 0. The Bertz CT molecular complexity index is 11.6. The monoisotopic (exact) mass is 269 g/mol. The molecule has 0 aliphatic heterocycles. The van der Waals surface area contributed by atoms with Gasteiger partial charge in [0, 0.05) is 51.8 Å². The molecule has 0 heterocycles. The summed E-state index contributed by atoms with van der Waals surface area (Å²) >= 11 is 0. The van der Waals surface area contributed by atoms with Crippen LogP contribution in [0.4, 0.5) is 0 Å². The Labute approximate surface area is 119 Å². The van der Waals surface area contributed by atoms with Gasteiger partial charge in [-0.1, -0.05) is 0 Å².